The van der Waals surface area contributed by atoms with Gasteiger partial charge in [-0.25, -0.2) is 4.98 Å². The van der Waals surface area contributed by atoms with E-state index in [0.717, 1.165) is 57.5 Å². The summed E-state index contributed by atoms with van der Waals surface area (Å²) in [6, 6.07) is 12.7. The van der Waals surface area contributed by atoms with Crippen molar-refractivity contribution in [2.24, 2.45) is 4.99 Å². The number of rotatable bonds is 5. The third kappa shape index (κ3) is 5.24. The van der Waals surface area contributed by atoms with E-state index in [1.807, 2.05) is 18.3 Å². The summed E-state index contributed by atoms with van der Waals surface area (Å²) in [5.41, 5.74) is 3.82. The molecule has 0 radical (unpaired) electrons. The largest absolute Gasteiger partial charge is 0.361 e. The highest BCUT2D eigenvalue weighted by molar-refractivity contribution is 14.0. The van der Waals surface area contributed by atoms with Gasteiger partial charge in [0.25, 0.3) is 0 Å². The molecular formula is C23H31IN6. The van der Waals surface area contributed by atoms with Crippen LogP contribution >= 0.6 is 24.0 Å². The number of pyridine rings is 1. The second-order valence-electron chi connectivity index (χ2n) is 7.51. The van der Waals surface area contributed by atoms with Crippen molar-refractivity contribution in [1.82, 2.24) is 20.2 Å². The smallest absolute Gasteiger partial charge is 0.194 e. The van der Waals surface area contributed by atoms with Gasteiger partial charge in [0.1, 0.15) is 5.82 Å². The molecule has 0 atom stereocenters. The van der Waals surface area contributed by atoms with E-state index in [2.05, 4.69) is 69.4 Å². The summed E-state index contributed by atoms with van der Waals surface area (Å²) in [4.78, 5) is 17.5. The fourth-order valence-electron chi connectivity index (χ4n) is 3.90. The second kappa shape index (κ2) is 10.7. The number of benzene rings is 1. The Morgan fingerprint density at radius 3 is 2.73 bits per heavy atom. The minimum Gasteiger partial charge on any atom is -0.361 e. The Balaban J connectivity index is 0.00000256. The highest BCUT2D eigenvalue weighted by Gasteiger charge is 2.20. The van der Waals surface area contributed by atoms with Gasteiger partial charge in [-0.15, -0.1) is 24.0 Å². The lowest BCUT2D eigenvalue weighted by Gasteiger charge is -2.37. The number of anilines is 1. The van der Waals surface area contributed by atoms with Gasteiger partial charge in [-0.3, -0.25) is 4.99 Å². The molecule has 1 fully saturated rings. The van der Waals surface area contributed by atoms with E-state index in [-0.39, 0.29) is 24.0 Å². The molecule has 1 aliphatic heterocycles. The molecule has 1 aromatic carbocycles. The molecule has 2 aromatic heterocycles. The van der Waals surface area contributed by atoms with E-state index in [9.17, 15) is 0 Å². The van der Waals surface area contributed by atoms with Crippen molar-refractivity contribution in [3.8, 4) is 0 Å². The van der Waals surface area contributed by atoms with Gasteiger partial charge < -0.3 is 20.1 Å². The Morgan fingerprint density at radius 2 is 2.00 bits per heavy atom. The van der Waals surface area contributed by atoms with Crippen LogP contribution in [0.2, 0.25) is 0 Å². The highest BCUT2D eigenvalue weighted by Crippen LogP contribution is 2.20. The van der Waals surface area contributed by atoms with Crippen molar-refractivity contribution >= 4 is 46.7 Å². The van der Waals surface area contributed by atoms with Gasteiger partial charge in [0, 0.05) is 62.6 Å². The van der Waals surface area contributed by atoms with Gasteiger partial charge in [-0.1, -0.05) is 18.2 Å². The third-order valence-corrected chi connectivity index (χ3v) is 5.45. The number of H-pyrrole nitrogens is 1. The van der Waals surface area contributed by atoms with Crippen molar-refractivity contribution in [1.29, 1.82) is 0 Å². The standard InChI is InChI=1S/C23H30N6.HI/c1-3-24-23(29-14-12-28(13-15-29)22-6-4-5-10-25-22)26-11-9-19-17-27-21-16-18(2)7-8-20(19)21;/h4-8,10,16-17,27H,3,9,11-15H2,1-2H3,(H,24,26);1H. The zero-order valence-corrected chi connectivity index (χ0v) is 20.1. The van der Waals surface area contributed by atoms with Crippen LogP contribution in [0.1, 0.15) is 18.1 Å². The number of guanidine groups is 1. The van der Waals surface area contributed by atoms with Crippen molar-refractivity contribution in [3.05, 3.63) is 59.9 Å². The molecule has 3 aromatic rings. The molecule has 1 saturated heterocycles. The first kappa shape index (κ1) is 22.4. The summed E-state index contributed by atoms with van der Waals surface area (Å²) >= 11 is 0. The van der Waals surface area contributed by atoms with Crippen LogP contribution in [-0.4, -0.2) is 60.1 Å². The number of hydrogen-bond donors (Lipinski definition) is 2. The predicted octanol–water partition coefficient (Wildman–Crippen LogP) is 3.82. The Labute approximate surface area is 195 Å². The Morgan fingerprint density at radius 1 is 1.17 bits per heavy atom. The number of aliphatic imine (C=N–C) groups is 1. The summed E-state index contributed by atoms with van der Waals surface area (Å²) in [6.07, 6.45) is 4.92. The topological polar surface area (TPSA) is 59.6 Å². The number of nitrogens with zero attached hydrogens (tertiary/aromatic N) is 4. The molecule has 0 aliphatic carbocycles. The van der Waals surface area contributed by atoms with E-state index >= 15 is 0 Å². The maximum absolute atomic E-state index is 4.92. The molecule has 30 heavy (non-hydrogen) atoms. The fourth-order valence-corrected chi connectivity index (χ4v) is 3.90. The monoisotopic (exact) mass is 518 g/mol. The average Bonchev–Trinajstić information content (AvgIpc) is 3.16. The van der Waals surface area contributed by atoms with Crippen LogP contribution in [0, 0.1) is 6.92 Å². The van der Waals surface area contributed by atoms with Gasteiger partial charge in [-0.2, -0.15) is 0 Å². The van der Waals surface area contributed by atoms with Gasteiger partial charge in [0.05, 0.1) is 0 Å². The summed E-state index contributed by atoms with van der Waals surface area (Å²) in [6.45, 7) is 9.74. The van der Waals surface area contributed by atoms with Crippen LogP contribution in [0.5, 0.6) is 0 Å². The molecule has 160 valence electrons. The van der Waals surface area contributed by atoms with Gasteiger partial charge in [0.15, 0.2) is 5.96 Å². The highest BCUT2D eigenvalue weighted by atomic mass is 127. The van der Waals surface area contributed by atoms with Crippen molar-refractivity contribution < 1.29 is 0 Å². The lowest BCUT2D eigenvalue weighted by molar-refractivity contribution is 0.371. The molecule has 4 rings (SSSR count). The minimum absolute atomic E-state index is 0. The van der Waals surface area contributed by atoms with Crippen molar-refractivity contribution in [2.45, 2.75) is 20.3 Å². The number of aromatic nitrogens is 2. The Bertz CT molecular complexity index is 960. The van der Waals surface area contributed by atoms with Crippen LogP contribution in [0.25, 0.3) is 10.9 Å². The number of fused-ring (bicyclic) bond motifs is 1. The number of aryl methyl sites for hydroxylation is 1. The van der Waals surface area contributed by atoms with Crippen LogP contribution < -0.4 is 10.2 Å². The van der Waals surface area contributed by atoms with Gasteiger partial charge in [-0.05, 0) is 49.6 Å². The number of nitrogens with one attached hydrogen (secondary N) is 2. The minimum atomic E-state index is 0. The number of halogens is 1. The molecule has 0 unspecified atom stereocenters. The molecule has 0 saturated carbocycles. The lowest BCUT2D eigenvalue weighted by atomic mass is 10.1. The molecule has 7 heteroatoms. The predicted molar refractivity (Wildman–Crippen MR) is 136 cm³/mol. The van der Waals surface area contributed by atoms with Crippen molar-refractivity contribution in [3.63, 3.8) is 0 Å². The summed E-state index contributed by atoms with van der Waals surface area (Å²) < 4.78 is 0. The lowest BCUT2D eigenvalue weighted by Crippen LogP contribution is -2.52. The zero-order valence-electron chi connectivity index (χ0n) is 17.8. The molecule has 0 amide bonds. The first-order valence-corrected chi connectivity index (χ1v) is 10.5. The molecule has 6 nitrogen and oxygen atoms in total. The van der Waals surface area contributed by atoms with E-state index in [1.54, 1.807) is 0 Å². The maximum atomic E-state index is 4.92. The van der Waals surface area contributed by atoms with E-state index < -0.39 is 0 Å². The van der Waals surface area contributed by atoms with Crippen LogP contribution in [-0.2, 0) is 6.42 Å². The van der Waals surface area contributed by atoms with E-state index in [1.165, 1.54) is 22.0 Å². The number of aromatic amines is 1. The van der Waals surface area contributed by atoms with Crippen LogP contribution in [0.15, 0.2) is 53.8 Å². The summed E-state index contributed by atoms with van der Waals surface area (Å²) in [5.74, 6) is 2.08. The van der Waals surface area contributed by atoms with Crippen LogP contribution in [0.3, 0.4) is 0 Å². The van der Waals surface area contributed by atoms with Crippen molar-refractivity contribution in [2.75, 3.05) is 44.2 Å². The molecule has 1 aliphatic rings. The van der Waals surface area contributed by atoms with Gasteiger partial charge in [0.2, 0.25) is 0 Å². The first-order chi connectivity index (χ1) is 14.2. The van der Waals surface area contributed by atoms with Gasteiger partial charge >= 0.3 is 0 Å². The summed E-state index contributed by atoms with van der Waals surface area (Å²) in [7, 11) is 0. The molecule has 0 spiro atoms. The first-order valence-electron chi connectivity index (χ1n) is 10.5. The Kier molecular flexibility index (Phi) is 7.95. The third-order valence-electron chi connectivity index (χ3n) is 5.45. The average molecular weight is 518 g/mol. The molecule has 3 heterocycles. The maximum Gasteiger partial charge on any atom is 0.194 e. The quantitative estimate of drug-likeness (QED) is 0.307. The van der Waals surface area contributed by atoms with E-state index in [0.29, 0.717) is 0 Å². The Hall–Kier alpha value is -2.29. The SMILES string of the molecule is CCNC(=NCCc1c[nH]c2cc(C)ccc12)N1CCN(c2ccccn2)CC1.I. The fraction of sp³-hybridized carbons (Fsp3) is 0.391. The zero-order chi connectivity index (χ0) is 20.1. The normalized spacial score (nSPS) is 14.7. The second-order valence-corrected chi connectivity index (χ2v) is 7.51. The van der Waals surface area contributed by atoms with E-state index in [4.69, 9.17) is 4.99 Å². The number of piperazine rings is 1. The van der Waals surface area contributed by atoms with Crippen LogP contribution in [0.4, 0.5) is 5.82 Å². The molecule has 0 bridgehead atoms. The molecule has 2 N–H and O–H groups in total. The molecular weight excluding hydrogens is 487 g/mol. The number of hydrogen-bond acceptors (Lipinski definition) is 3. The summed E-state index contributed by atoms with van der Waals surface area (Å²) in [5, 5.41) is 4.77.